The van der Waals surface area contributed by atoms with E-state index in [-0.39, 0.29) is 17.5 Å². The average molecular weight is 538 g/mol. The van der Waals surface area contributed by atoms with Crippen molar-refractivity contribution < 1.29 is 14.3 Å². The molecule has 0 aliphatic rings. The second-order valence-electron chi connectivity index (χ2n) is 9.27. The van der Waals surface area contributed by atoms with Crippen LogP contribution in [0, 0.1) is 0 Å². The predicted octanol–water partition coefficient (Wildman–Crippen LogP) is 7.61. The maximum absolute atomic E-state index is 13.4. The van der Waals surface area contributed by atoms with Crippen molar-refractivity contribution in [2.45, 2.75) is 25.8 Å². The highest BCUT2D eigenvalue weighted by Gasteiger charge is 2.22. The highest BCUT2D eigenvalue weighted by molar-refractivity contribution is 6.31. The van der Waals surface area contributed by atoms with Crippen molar-refractivity contribution in [3.8, 4) is 22.5 Å². The van der Waals surface area contributed by atoms with Crippen LogP contribution in [0.4, 0.5) is 0 Å². The van der Waals surface area contributed by atoms with Crippen molar-refractivity contribution in [3.63, 3.8) is 0 Å². The number of esters is 1. The molecule has 1 unspecified atom stereocenters. The topological polar surface area (TPSA) is 84.1 Å². The van der Waals surface area contributed by atoms with Crippen molar-refractivity contribution in [2.24, 2.45) is 0 Å². The number of nitrogens with one attached hydrogen (secondary N) is 2. The Labute approximate surface area is 232 Å². The van der Waals surface area contributed by atoms with Crippen LogP contribution in [0.15, 0.2) is 91.0 Å². The molecule has 0 saturated carbocycles. The van der Waals surface area contributed by atoms with Crippen LogP contribution in [0.25, 0.3) is 33.5 Å². The Morgan fingerprint density at radius 2 is 1.67 bits per heavy atom. The van der Waals surface area contributed by atoms with Gasteiger partial charge >= 0.3 is 5.97 Å². The molecular formula is C32H28ClN3O3. The van der Waals surface area contributed by atoms with E-state index in [0.29, 0.717) is 27.5 Å². The molecule has 0 aliphatic carbocycles. The second-order valence-corrected chi connectivity index (χ2v) is 9.71. The molecule has 4 aromatic carbocycles. The Morgan fingerprint density at radius 3 is 2.41 bits per heavy atom. The maximum Gasteiger partial charge on any atom is 0.338 e. The number of fused-ring (bicyclic) bond motifs is 1. The fraction of sp³-hybridized carbons (Fsp3) is 0.156. The zero-order chi connectivity index (χ0) is 27.4. The average Bonchev–Trinajstić information content (AvgIpc) is 3.40. The summed E-state index contributed by atoms with van der Waals surface area (Å²) < 4.78 is 5.12. The molecule has 39 heavy (non-hydrogen) atoms. The zero-order valence-electron chi connectivity index (χ0n) is 21.7. The van der Waals surface area contributed by atoms with E-state index in [0.717, 1.165) is 35.0 Å². The van der Waals surface area contributed by atoms with E-state index in [1.165, 1.54) is 7.11 Å². The lowest BCUT2D eigenvalue weighted by molar-refractivity contribution is 0.0601. The third-order valence-corrected chi connectivity index (χ3v) is 6.92. The van der Waals surface area contributed by atoms with Gasteiger partial charge < -0.3 is 15.0 Å². The summed E-state index contributed by atoms with van der Waals surface area (Å²) in [6.45, 7) is 2.08. The molecule has 0 bridgehead atoms. The van der Waals surface area contributed by atoms with E-state index in [1.807, 2.05) is 60.7 Å². The largest absolute Gasteiger partial charge is 0.465 e. The van der Waals surface area contributed by atoms with Crippen molar-refractivity contribution in [2.75, 3.05) is 7.11 Å². The standard InChI is InChI=1S/C32H28ClN3O3/c1-3-9-27(20-10-5-4-6-11-20)36-31(37)21-14-16-23(26(18-21)32(38)39-2)25-19-22(33)15-17-24(25)30-34-28-12-7-8-13-29(28)35-30/h4-8,10-19,27H,3,9H2,1-2H3,(H,34,35)(H,36,37). The van der Waals surface area contributed by atoms with Gasteiger partial charge in [0.2, 0.25) is 0 Å². The van der Waals surface area contributed by atoms with Crippen LogP contribution in [0.5, 0.6) is 0 Å². The fourth-order valence-electron chi connectivity index (χ4n) is 4.76. The monoisotopic (exact) mass is 537 g/mol. The molecule has 0 fully saturated rings. The maximum atomic E-state index is 13.4. The number of nitrogens with zero attached hydrogens (tertiary/aromatic N) is 1. The summed E-state index contributed by atoms with van der Waals surface area (Å²) >= 11 is 6.41. The van der Waals surface area contributed by atoms with Gasteiger partial charge in [-0.05, 0) is 65.6 Å². The minimum Gasteiger partial charge on any atom is -0.465 e. The summed E-state index contributed by atoms with van der Waals surface area (Å²) in [4.78, 5) is 34.4. The number of carbonyl (C=O) groups is 2. The molecule has 6 nitrogen and oxygen atoms in total. The summed E-state index contributed by atoms with van der Waals surface area (Å²) in [7, 11) is 1.32. The molecule has 5 rings (SSSR count). The lowest BCUT2D eigenvalue weighted by atomic mass is 9.93. The number of amides is 1. The van der Waals surface area contributed by atoms with E-state index in [9.17, 15) is 9.59 Å². The normalized spacial score (nSPS) is 11.8. The van der Waals surface area contributed by atoms with Crippen LogP contribution in [-0.2, 0) is 4.74 Å². The summed E-state index contributed by atoms with van der Waals surface area (Å²) in [5, 5.41) is 3.64. The zero-order valence-corrected chi connectivity index (χ0v) is 22.5. The van der Waals surface area contributed by atoms with Gasteiger partial charge in [-0.3, -0.25) is 4.79 Å². The first-order chi connectivity index (χ1) is 19.0. The number of aromatic nitrogens is 2. The Morgan fingerprint density at radius 1 is 0.923 bits per heavy atom. The summed E-state index contributed by atoms with van der Waals surface area (Å²) in [6, 6.07) is 28.0. The number of imidazole rings is 1. The van der Waals surface area contributed by atoms with Crippen LogP contribution in [0.3, 0.4) is 0 Å². The minimum atomic E-state index is -0.552. The molecular weight excluding hydrogens is 510 g/mol. The number of para-hydroxylation sites is 2. The van der Waals surface area contributed by atoms with E-state index in [4.69, 9.17) is 21.3 Å². The SMILES string of the molecule is CCCC(NC(=O)c1ccc(-c2cc(Cl)ccc2-c2nc3ccccc3[nH]2)c(C(=O)OC)c1)c1ccccc1. The smallest absolute Gasteiger partial charge is 0.338 e. The molecule has 0 radical (unpaired) electrons. The van der Waals surface area contributed by atoms with Crippen LogP contribution < -0.4 is 5.32 Å². The first kappa shape index (κ1) is 26.2. The van der Waals surface area contributed by atoms with E-state index in [2.05, 4.69) is 17.2 Å². The number of rotatable bonds is 8. The van der Waals surface area contributed by atoms with Gasteiger partial charge in [0, 0.05) is 16.1 Å². The molecule has 5 aromatic rings. The number of carbonyl (C=O) groups excluding carboxylic acids is 2. The van der Waals surface area contributed by atoms with Gasteiger partial charge in [0.25, 0.3) is 5.91 Å². The molecule has 1 heterocycles. The molecule has 7 heteroatoms. The number of halogens is 1. The van der Waals surface area contributed by atoms with Crippen LogP contribution in [0.2, 0.25) is 5.02 Å². The molecule has 196 valence electrons. The number of ether oxygens (including phenoxy) is 1. The molecule has 0 saturated heterocycles. The Hall–Kier alpha value is -4.42. The van der Waals surface area contributed by atoms with Gasteiger partial charge in [-0.2, -0.15) is 0 Å². The van der Waals surface area contributed by atoms with Gasteiger partial charge in [-0.1, -0.05) is 73.5 Å². The van der Waals surface area contributed by atoms with Crippen LogP contribution >= 0.6 is 11.6 Å². The number of H-pyrrole nitrogens is 1. The van der Waals surface area contributed by atoms with E-state index in [1.54, 1.807) is 30.3 Å². The summed E-state index contributed by atoms with van der Waals surface area (Å²) in [5.41, 5.74) is 5.44. The van der Waals surface area contributed by atoms with Gasteiger partial charge in [-0.15, -0.1) is 0 Å². The number of aromatic amines is 1. The summed E-state index contributed by atoms with van der Waals surface area (Å²) in [5.74, 6) is -0.174. The minimum absolute atomic E-state index is 0.141. The molecule has 0 aliphatic heterocycles. The van der Waals surface area contributed by atoms with Gasteiger partial charge in [0.15, 0.2) is 0 Å². The van der Waals surface area contributed by atoms with Crippen molar-refractivity contribution in [1.29, 1.82) is 0 Å². The Bertz CT molecular complexity index is 1610. The van der Waals surface area contributed by atoms with Gasteiger partial charge in [-0.25, -0.2) is 9.78 Å². The predicted molar refractivity (Wildman–Crippen MR) is 155 cm³/mol. The first-order valence-corrected chi connectivity index (χ1v) is 13.2. The van der Waals surface area contributed by atoms with Crippen molar-refractivity contribution in [3.05, 3.63) is 113 Å². The molecule has 0 spiro atoms. The lowest BCUT2D eigenvalue weighted by Crippen LogP contribution is -2.28. The van der Waals surface area contributed by atoms with Gasteiger partial charge in [0.1, 0.15) is 5.82 Å². The second kappa shape index (κ2) is 11.5. The number of benzene rings is 4. The third-order valence-electron chi connectivity index (χ3n) is 6.69. The quantitative estimate of drug-likeness (QED) is 0.199. The number of methoxy groups -OCH3 is 1. The number of hydrogen-bond acceptors (Lipinski definition) is 4. The van der Waals surface area contributed by atoms with Crippen molar-refractivity contribution in [1.82, 2.24) is 15.3 Å². The first-order valence-electron chi connectivity index (χ1n) is 12.8. The highest BCUT2D eigenvalue weighted by Crippen LogP contribution is 2.36. The fourth-order valence-corrected chi connectivity index (χ4v) is 4.94. The highest BCUT2D eigenvalue weighted by atomic mass is 35.5. The van der Waals surface area contributed by atoms with Crippen LogP contribution in [-0.4, -0.2) is 29.0 Å². The molecule has 1 amide bonds. The molecule has 1 aromatic heterocycles. The lowest BCUT2D eigenvalue weighted by Gasteiger charge is -2.19. The third kappa shape index (κ3) is 5.56. The Balaban J connectivity index is 1.56. The van der Waals surface area contributed by atoms with Gasteiger partial charge in [0.05, 0.1) is 29.7 Å². The van der Waals surface area contributed by atoms with E-state index >= 15 is 0 Å². The number of hydrogen-bond donors (Lipinski definition) is 2. The summed E-state index contributed by atoms with van der Waals surface area (Å²) in [6.07, 6.45) is 1.70. The van der Waals surface area contributed by atoms with E-state index < -0.39 is 5.97 Å². The molecule has 2 N–H and O–H groups in total. The van der Waals surface area contributed by atoms with Crippen LogP contribution in [0.1, 0.15) is 52.1 Å². The van der Waals surface area contributed by atoms with Crippen molar-refractivity contribution >= 4 is 34.5 Å². The Kier molecular flexibility index (Phi) is 7.75. The molecule has 1 atom stereocenters.